The highest BCUT2D eigenvalue weighted by atomic mass is 16.3. The number of aliphatic hydroxyl groups excluding tert-OH is 1. The van der Waals surface area contributed by atoms with Gasteiger partial charge in [0.2, 0.25) is 5.91 Å². The second-order valence-corrected chi connectivity index (χ2v) is 5.87. The number of amides is 1. The fourth-order valence-corrected chi connectivity index (χ4v) is 2.12. The van der Waals surface area contributed by atoms with Gasteiger partial charge >= 0.3 is 0 Å². The molecule has 1 aliphatic rings. The molecular weight excluding hydrogens is 216 g/mol. The van der Waals surface area contributed by atoms with Crippen LogP contribution in [0.1, 0.15) is 39.5 Å². The summed E-state index contributed by atoms with van der Waals surface area (Å²) in [6.07, 6.45) is 3.55. The number of hydrogen-bond acceptors (Lipinski definition) is 3. The summed E-state index contributed by atoms with van der Waals surface area (Å²) >= 11 is 0. The third-order valence-electron chi connectivity index (χ3n) is 3.57. The Morgan fingerprint density at radius 1 is 1.47 bits per heavy atom. The molecule has 1 amide bonds. The number of carbonyl (C=O) groups excluding carboxylic acids is 1. The minimum atomic E-state index is -0.00802. The predicted molar refractivity (Wildman–Crippen MR) is 68.4 cm³/mol. The molecule has 4 N–H and O–H groups in total. The fraction of sp³-hybridized carbons (Fsp3) is 0.923. The first kappa shape index (κ1) is 14.5. The standard InChI is InChI=1S/C13H26N2O2/c1-10(2)5-11(7-14)6-12(17)15-8-13(9-16)3-4-13/h10-11,16H,3-9,14H2,1-2H3,(H,15,17). The lowest BCUT2D eigenvalue weighted by atomic mass is 9.94. The van der Waals surface area contributed by atoms with Gasteiger partial charge in [0.1, 0.15) is 0 Å². The van der Waals surface area contributed by atoms with Crippen molar-refractivity contribution in [3.63, 3.8) is 0 Å². The molecule has 0 aromatic carbocycles. The summed E-state index contributed by atoms with van der Waals surface area (Å²) in [7, 11) is 0. The number of nitrogens with two attached hydrogens (primary N) is 1. The Morgan fingerprint density at radius 2 is 2.12 bits per heavy atom. The predicted octanol–water partition coefficient (Wildman–Crippen LogP) is 0.886. The van der Waals surface area contributed by atoms with Gasteiger partial charge < -0.3 is 16.2 Å². The van der Waals surface area contributed by atoms with Crippen molar-refractivity contribution < 1.29 is 9.90 Å². The monoisotopic (exact) mass is 242 g/mol. The van der Waals surface area contributed by atoms with Gasteiger partial charge in [-0.3, -0.25) is 4.79 Å². The van der Waals surface area contributed by atoms with Crippen molar-refractivity contribution in [2.75, 3.05) is 19.7 Å². The molecule has 1 saturated carbocycles. The summed E-state index contributed by atoms with van der Waals surface area (Å²) in [4.78, 5) is 11.7. The van der Waals surface area contributed by atoms with Gasteiger partial charge in [-0.15, -0.1) is 0 Å². The Bertz CT molecular complexity index is 250. The molecule has 17 heavy (non-hydrogen) atoms. The van der Waals surface area contributed by atoms with Crippen molar-refractivity contribution >= 4 is 5.91 Å². The van der Waals surface area contributed by atoms with Crippen LogP contribution in [0.2, 0.25) is 0 Å². The summed E-state index contributed by atoms with van der Waals surface area (Å²) in [6, 6.07) is 0. The van der Waals surface area contributed by atoms with Crippen LogP contribution >= 0.6 is 0 Å². The van der Waals surface area contributed by atoms with Crippen LogP contribution in [-0.2, 0) is 4.79 Å². The number of carbonyl (C=O) groups is 1. The summed E-state index contributed by atoms with van der Waals surface area (Å²) in [6.45, 7) is 5.65. The quantitative estimate of drug-likeness (QED) is 0.591. The van der Waals surface area contributed by atoms with Gasteiger partial charge in [-0.2, -0.15) is 0 Å². The SMILES string of the molecule is CC(C)CC(CN)CC(=O)NCC1(CO)CC1. The Kier molecular flexibility index (Phi) is 5.40. The summed E-state index contributed by atoms with van der Waals surface area (Å²) in [5, 5.41) is 12.1. The van der Waals surface area contributed by atoms with Crippen molar-refractivity contribution in [3.8, 4) is 0 Å². The van der Waals surface area contributed by atoms with Crippen molar-refractivity contribution in [1.29, 1.82) is 0 Å². The molecule has 4 heteroatoms. The van der Waals surface area contributed by atoms with E-state index in [2.05, 4.69) is 19.2 Å². The maximum absolute atomic E-state index is 11.7. The molecule has 0 bridgehead atoms. The van der Waals surface area contributed by atoms with Crippen LogP contribution in [0.15, 0.2) is 0 Å². The smallest absolute Gasteiger partial charge is 0.220 e. The summed E-state index contributed by atoms with van der Waals surface area (Å²) in [5.74, 6) is 0.920. The molecular formula is C13H26N2O2. The van der Waals surface area contributed by atoms with E-state index in [9.17, 15) is 4.79 Å². The van der Waals surface area contributed by atoms with Gasteiger partial charge in [-0.1, -0.05) is 13.8 Å². The maximum Gasteiger partial charge on any atom is 0.220 e. The van der Waals surface area contributed by atoms with Crippen molar-refractivity contribution in [3.05, 3.63) is 0 Å². The van der Waals surface area contributed by atoms with E-state index in [4.69, 9.17) is 10.8 Å². The fourth-order valence-electron chi connectivity index (χ4n) is 2.12. The molecule has 4 nitrogen and oxygen atoms in total. The van der Waals surface area contributed by atoms with Crippen molar-refractivity contribution in [2.45, 2.75) is 39.5 Å². The van der Waals surface area contributed by atoms with Crippen LogP contribution in [-0.4, -0.2) is 30.7 Å². The van der Waals surface area contributed by atoms with E-state index in [1.807, 2.05) is 0 Å². The molecule has 1 rings (SSSR count). The highest BCUT2D eigenvalue weighted by Gasteiger charge is 2.42. The van der Waals surface area contributed by atoms with Crippen LogP contribution in [0.4, 0.5) is 0 Å². The average Bonchev–Trinajstić information content (AvgIpc) is 3.05. The van der Waals surface area contributed by atoms with E-state index in [1.165, 1.54) is 0 Å². The zero-order valence-electron chi connectivity index (χ0n) is 11.0. The van der Waals surface area contributed by atoms with E-state index in [0.29, 0.717) is 25.4 Å². The lowest BCUT2D eigenvalue weighted by Gasteiger charge is -2.18. The number of nitrogens with one attached hydrogen (secondary N) is 1. The van der Waals surface area contributed by atoms with Gasteiger partial charge in [-0.05, 0) is 37.6 Å². The first-order chi connectivity index (χ1) is 8.01. The van der Waals surface area contributed by atoms with Crippen LogP contribution in [0.5, 0.6) is 0 Å². The molecule has 0 aromatic rings. The third kappa shape index (κ3) is 5.04. The molecule has 0 spiro atoms. The first-order valence-electron chi connectivity index (χ1n) is 6.59. The average molecular weight is 242 g/mol. The lowest BCUT2D eigenvalue weighted by Crippen LogP contribution is -2.34. The summed E-state index contributed by atoms with van der Waals surface area (Å²) in [5.41, 5.74) is 5.66. The van der Waals surface area contributed by atoms with Crippen LogP contribution in [0.25, 0.3) is 0 Å². The van der Waals surface area contributed by atoms with E-state index in [-0.39, 0.29) is 23.8 Å². The van der Waals surface area contributed by atoms with Gasteiger partial charge in [0.15, 0.2) is 0 Å². The van der Waals surface area contributed by atoms with Crippen molar-refractivity contribution in [1.82, 2.24) is 5.32 Å². The largest absolute Gasteiger partial charge is 0.396 e. The molecule has 1 aliphatic carbocycles. The van der Waals surface area contributed by atoms with Gasteiger partial charge in [0, 0.05) is 18.4 Å². The Labute approximate surface area is 104 Å². The topological polar surface area (TPSA) is 75.4 Å². The van der Waals surface area contributed by atoms with Crippen LogP contribution in [0, 0.1) is 17.3 Å². The number of hydrogen-bond donors (Lipinski definition) is 3. The van der Waals surface area contributed by atoms with E-state index < -0.39 is 0 Å². The molecule has 0 aromatic heterocycles. The molecule has 1 atom stereocenters. The van der Waals surface area contributed by atoms with Gasteiger partial charge in [0.05, 0.1) is 6.61 Å². The molecule has 1 fully saturated rings. The molecule has 100 valence electrons. The van der Waals surface area contributed by atoms with Gasteiger partial charge in [0.25, 0.3) is 0 Å². The highest BCUT2D eigenvalue weighted by molar-refractivity contribution is 5.76. The summed E-state index contributed by atoms with van der Waals surface area (Å²) < 4.78 is 0. The molecule has 0 radical (unpaired) electrons. The zero-order chi connectivity index (χ0) is 12.9. The van der Waals surface area contributed by atoms with Crippen LogP contribution in [0.3, 0.4) is 0 Å². The molecule has 0 saturated heterocycles. The minimum Gasteiger partial charge on any atom is -0.396 e. The Balaban J connectivity index is 2.23. The third-order valence-corrected chi connectivity index (χ3v) is 3.57. The number of aliphatic hydroxyl groups is 1. The normalized spacial score (nSPS) is 19.1. The zero-order valence-corrected chi connectivity index (χ0v) is 11.0. The minimum absolute atomic E-state index is 0.00802. The number of rotatable bonds is 8. The van der Waals surface area contributed by atoms with Gasteiger partial charge in [-0.25, -0.2) is 0 Å². The maximum atomic E-state index is 11.7. The van der Waals surface area contributed by atoms with E-state index in [0.717, 1.165) is 19.3 Å². The van der Waals surface area contributed by atoms with E-state index in [1.54, 1.807) is 0 Å². The Hall–Kier alpha value is -0.610. The first-order valence-corrected chi connectivity index (χ1v) is 6.59. The highest BCUT2D eigenvalue weighted by Crippen LogP contribution is 2.44. The molecule has 1 unspecified atom stereocenters. The Morgan fingerprint density at radius 3 is 2.53 bits per heavy atom. The lowest BCUT2D eigenvalue weighted by molar-refractivity contribution is -0.122. The second kappa shape index (κ2) is 6.36. The van der Waals surface area contributed by atoms with Crippen molar-refractivity contribution in [2.24, 2.45) is 23.0 Å². The molecule has 0 heterocycles. The van der Waals surface area contributed by atoms with Crippen LogP contribution < -0.4 is 11.1 Å². The second-order valence-electron chi connectivity index (χ2n) is 5.87. The molecule has 0 aliphatic heterocycles. The van der Waals surface area contributed by atoms with E-state index >= 15 is 0 Å².